The number of aromatic amines is 1. The number of rotatable bonds is 5. The van der Waals surface area contributed by atoms with Gasteiger partial charge in [0.25, 0.3) is 5.91 Å². The van der Waals surface area contributed by atoms with Crippen LogP contribution in [0.25, 0.3) is 10.9 Å². The number of hydrogen-bond acceptors (Lipinski definition) is 2. The average molecular weight is 274 g/mol. The zero-order chi connectivity index (χ0) is 14.7. The molecule has 0 saturated heterocycles. The van der Waals surface area contributed by atoms with Gasteiger partial charge in [-0.15, -0.1) is 0 Å². The summed E-state index contributed by atoms with van der Waals surface area (Å²) in [5, 5.41) is 12.6. The van der Waals surface area contributed by atoms with Gasteiger partial charge in [-0.2, -0.15) is 0 Å². The predicted molar refractivity (Wildman–Crippen MR) is 76.6 cm³/mol. The largest absolute Gasteiger partial charge is 0.480 e. The molecule has 1 aromatic heterocycles. The van der Waals surface area contributed by atoms with Crippen LogP contribution in [-0.4, -0.2) is 28.0 Å². The molecule has 0 spiro atoms. The number of carbonyl (C=O) groups is 2. The van der Waals surface area contributed by atoms with Gasteiger partial charge in [-0.3, -0.25) is 4.79 Å². The maximum absolute atomic E-state index is 12.3. The Hall–Kier alpha value is -2.30. The Balaban J connectivity index is 2.27. The van der Waals surface area contributed by atoms with Crippen molar-refractivity contribution in [2.75, 3.05) is 0 Å². The number of carbonyl (C=O) groups excluding carboxylic acids is 1. The van der Waals surface area contributed by atoms with E-state index in [-0.39, 0.29) is 11.8 Å². The van der Waals surface area contributed by atoms with E-state index in [2.05, 4.69) is 10.3 Å². The van der Waals surface area contributed by atoms with E-state index in [1.165, 1.54) is 0 Å². The highest BCUT2D eigenvalue weighted by Crippen LogP contribution is 2.18. The van der Waals surface area contributed by atoms with E-state index >= 15 is 0 Å². The standard InChI is InChI=1S/C15H18N2O3/c1-3-9(2)13(15(19)20)17-14(18)11-5-4-6-12-10(11)7-8-16-12/h4-9,13,16H,3H2,1-2H3,(H,17,18)(H,19,20)/t9-,13-/m0/s1. The normalized spacial score (nSPS) is 13.9. The molecule has 5 nitrogen and oxygen atoms in total. The summed E-state index contributed by atoms with van der Waals surface area (Å²) in [5.41, 5.74) is 1.34. The monoisotopic (exact) mass is 274 g/mol. The molecule has 2 rings (SSSR count). The van der Waals surface area contributed by atoms with Gasteiger partial charge < -0.3 is 15.4 Å². The van der Waals surface area contributed by atoms with Gasteiger partial charge in [0.15, 0.2) is 0 Å². The van der Waals surface area contributed by atoms with Crippen LogP contribution in [0.1, 0.15) is 30.6 Å². The van der Waals surface area contributed by atoms with Gasteiger partial charge in [-0.25, -0.2) is 4.79 Å². The SMILES string of the molecule is CC[C@H](C)[C@H](NC(=O)c1cccc2[nH]ccc12)C(=O)O. The number of hydrogen-bond donors (Lipinski definition) is 3. The molecule has 2 atom stereocenters. The Morgan fingerprint density at radius 2 is 2.10 bits per heavy atom. The molecule has 0 saturated carbocycles. The average Bonchev–Trinajstić information content (AvgIpc) is 2.91. The molecule has 0 radical (unpaired) electrons. The van der Waals surface area contributed by atoms with E-state index in [0.717, 1.165) is 10.9 Å². The quantitative estimate of drug-likeness (QED) is 0.783. The molecule has 1 amide bonds. The van der Waals surface area contributed by atoms with Gasteiger partial charge >= 0.3 is 5.97 Å². The molecule has 2 aromatic rings. The highest BCUT2D eigenvalue weighted by molar-refractivity contribution is 6.07. The molecular weight excluding hydrogens is 256 g/mol. The molecule has 0 aliphatic carbocycles. The summed E-state index contributed by atoms with van der Waals surface area (Å²) in [6.07, 6.45) is 2.44. The number of aliphatic carboxylic acids is 1. The zero-order valence-corrected chi connectivity index (χ0v) is 11.5. The van der Waals surface area contributed by atoms with Crippen LogP contribution in [0.3, 0.4) is 0 Å². The van der Waals surface area contributed by atoms with Gasteiger partial charge in [0.05, 0.1) is 0 Å². The van der Waals surface area contributed by atoms with Crippen LogP contribution in [0.5, 0.6) is 0 Å². The molecule has 1 aromatic carbocycles. The van der Waals surface area contributed by atoms with Crippen LogP contribution < -0.4 is 5.32 Å². The lowest BCUT2D eigenvalue weighted by Crippen LogP contribution is -2.45. The topological polar surface area (TPSA) is 82.2 Å². The minimum Gasteiger partial charge on any atom is -0.480 e. The van der Waals surface area contributed by atoms with Crippen molar-refractivity contribution in [2.24, 2.45) is 5.92 Å². The van der Waals surface area contributed by atoms with Crippen LogP contribution in [0, 0.1) is 5.92 Å². The molecule has 3 N–H and O–H groups in total. The number of nitrogens with one attached hydrogen (secondary N) is 2. The van der Waals surface area contributed by atoms with Crippen molar-refractivity contribution in [3.05, 3.63) is 36.0 Å². The summed E-state index contributed by atoms with van der Waals surface area (Å²) in [7, 11) is 0. The second-order valence-corrected chi connectivity index (χ2v) is 4.92. The third kappa shape index (κ3) is 2.66. The van der Waals surface area contributed by atoms with Gasteiger partial charge in [0.2, 0.25) is 0 Å². The number of H-pyrrole nitrogens is 1. The Kier molecular flexibility index (Phi) is 4.08. The second kappa shape index (κ2) is 5.77. The molecule has 0 unspecified atom stereocenters. The highest BCUT2D eigenvalue weighted by Gasteiger charge is 2.26. The third-order valence-electron chi connectivity index (χ3n) is 3.61. The van der Waals surface area contributed by atoms with Gasteiger partial charge in [-0.05, 0) is 24.1 Å². The lowest BCUT2D eigenvalue weighted by molar-refractivity contribution is -0.140. The summed E-state index contributed by atoms with van der Waals surface area (Å²) >= 11 is 0. The van der Waals surface area contributed by atoms with Crippen molar-refractivity contribution in [1.82, 2.24) is 10.3 Å². The fourth-order valence-corrected chi connectivity index (χ4v) is 2.19. The van der Waals surface area contributed by atoms with E-state index in [1.54, 1.807) is 18.3 Å². The number of aromatic nitrogens is 1. The zero-order valence-electron chi connectivity index (χ0n) is 11.5. The Morgan fingerprint density at radius 3 is 2.75 bits per heavy atom. The summed E-state index contributed by atoms with van der Waals surface area (Å²) in [4.78, 5) is 26.6. The molecule has 5 heteroatoms. The fraction of sp³-hybridized carbons (Fsp3) is 0.333. The van der Waals surface area contributed by atoms with Crippen LogP contribution >= 0.6 is 0 Å². The number of carboxylic acids is 1. The van der Waals surface area contributed by atoms with Crippen molar-refractivity contribution < 1.29 is 14.7 Å². The molecule has 20 heavy (non-hydrogen) atoms. The highest BCUT2D eigenvalue weighted by atomic mass is 16.4. The van der Waals surface area contributed by atoms with Crippen molar-refractivity contribution in [3.63, 3.8) is 0 Å². The smallest absolute Gasteiger partial charge is 0.326 e. The minimum absolute atomic E-state index is 0.123. The number of amides is 1. The predicted octanol–water partition coefficient (Wildman–Crippen LogP) is 2.40. The summed E-state index contributed by atoms with van der Waals surface area (Å²) in [5.74, 6) is -1.49. The molecule has 1 heterocycles. The Labute approximate surface area is 117 Å². The molecular formula is C15H18N2O3. The van der Waals surface area contributed by atoms with Crippen molar-refractivity contribution in [3.8, 4) is 0 Å². The summed E-state index contributed by atoms with van der Waals surface area (Å²) < 4.78 is 0. The van der Waals surface area contributed by atoms with Gasteiger partial charge in [0, 0.05) is 22.7 Å². The minimum atomic E-state index is -1.01. The summed E-state index contributed by atoms with van der Waals surface area (Å²) in [6.45, 7) is 3.72. The first-order valence-electron chi connectivity index (χ1n) is 6.64. The molecule has 0 bridgehead atoms. The van der Waals surface area contributed by atoms with Gasteiger partial charge in [0.1, 0.15) is 6.04 Å². The van der Waals surface area contributed by atoms with Gasteiger partial charge in [-0.1, -0.05) is 26.3 Å². The number of benzene rings is 1. The number of carboxylic acid groups (broad SMARTS) is 1. The number of fused-ring (bicyclic) bond motifs is 1. The maximum atomic E-state index is 12.3. The van der Waals surface area contributed by atoms with E-state index < -0.39 is 12.0 Å². The molecule has 0 aliphatic heterocycles. The molecule has 106 valence electrons. The molecule has 0 fully saturated rings. The first-order valence-corrected chi connectivity index (χ1v) is 6.64. The fourth-order valence-electron chi connectivity index (χ4n) is 2.19. The Morgan fingerprint density at radius 1 is 1.35 bits per heavy atom. The lowest BCUT2D eigenvalue weighted by Gasteiger charge is -2.20. The van der Waals surface area contributed by atoms with E-state index in [4.69, 9.17) is 0 Å². The Bertz CT molecular complexity index is 633. The van der Waals surface area contributed by atoms with Crippen molar-refractivity contribution >= 4 is 22.8 Å². The lowest BCUT2D eigenvalue weighted by atomic mass is 9.98. The summed E-state index contributed by atoms with van der Waals surface area (Å²) in [6, 6.07) is 6.27. The van der Waals surface area contributed by atoms with E-state index in [1.807, 2.05) is 26.0 Å². The van der Waals surface area contributed by atoms with Crippen molar-refractivity contribution in [1.29, 1.82) is 0 Å². The first kappa shape index (κ1) is 14.1. The first-order chi connectivity index (χ1) is 9.54. The van der Waals surface area contributed by atoms with Crippen molar-refractivity contribution in [2.45, 2.75) is 26.3 Å². The molecule has 0 aliphatic rings. The van der Waals surface area contributed by atoms with Crippen LogP contribution in [0.2, 0.25) is 0 Å². The van der Waals surface area contributed by atoms with Crippen LogP contribution in [0.4, 0.5) is 0 Å². The van der Waals surface area contributed by atoms with Crippen LogP contribution in [0.15, 0.2) is 30.5 Å². The third-order valence-corrected chi connectivity index (χ3v) is 3.61. The van der Waals surface area contributed by atoms with E-state index in [0.29, 0.717) is 12.0 Å². The maximum Gasteiger partial charge on any atom is 0.326 e. The van der Waals surface area contributed by atoms with Crippen LogP contribution in [-0.2, 0) is 4.79 Å². The second-order valence-electron chi connectivity index (χ2n) is 4.92. The van der Waals surface area contributed by atoms with E-state index in [9.17, 15) is 14.7 Å².